The highest BCUT2D eigenvalue weighted by atomic mass is 79.9. The third-order valence-electron chi connectivity index (χ3n) is 11.4. The summed E-state index contributed by atoms with van der Waals surface area (Å²) in [5, 5.41) is 25.9. The molecule has 328 valence electrons. The summed E-state index contributed by atoms with van der Waals surface area (Å²) >= 11 is 3.53. The van der Waals surface area contributed by atoms with Gasteiger partial charge in [0.15, 0.2) is 0 Å². The zero-order chi connectivity index (χ0) is 44.1. The second-order valence-corrected chi connectivity index (χ2v) is 16.9. The van der Waals surface area contributed by atoms with Crippen molar-refractivity contribution in [2.24, 2.45) is 0 Å². The Balaban J connectivity index is 1.27. The molecule has 0 saturated carbocycles. The summed E-state index contributed by atoms with van der Waals surface area (Å²) in [7, 11) is 0. The molecule has 1 fully saturated rings. The van der Waals surface area contributed by atoms with Gasteiger partial charge in [0.25, 0.3) is 0 Å². The third-order valence-corrected chi connectivity index (χ3v) is 11.9. The fraction of sp³-hybridized carbons (Fsp3) is 0.236. The van der Waals surface area contributed by atoms with Gasteiger partial charge in [0.05, 0.1) is 38.6 Å². The normalized spacial score (nSPS) is 20.1. The lowest BCUT2D eigenvalue weighted by Gasteiger charge is -2.50. The summed E-state index contributed by atoms with van der Waals surface area (Å²) in [6.45, 7) is 3.00. The van der Waals surface area contributed by atoms with Crippen molar-refractivity contribution in [2.45, 2.75) is 76.3 Å². The summed E-state index contributed by atoms with van der Waals surface area (Å²) in [6, 6.07) is 60.5. The SMILES string of the molecule is Cc1cc(OCc2ccccc2)c([C@]2(O)O[C@H](COCc3ccccc3)[C@@H](OCc3ccccc3)[C@H](OCc3ccccc3)[C@H]2OCc2ccccc2)cc1C(O)c1ccc(Br)cc1. The first-order valence-corrected chi connectivity index (χ1v) is 22.4. The number of hydrogen-bond donors (Lipinski definition) is 2. The molecule has 0 amide bonds. The van der Waals surface area contributed by atoms with Gasteiger partial charge in [0.2, 0.25) is 5.79 Å². The predicted molar refractivity (Wildman–Crippen MR) is 250 cm³/mol. The molecule has 0 radical (unpaired) electrons. The highest BCUT2D eigenvalue weighted by Gasteiger charge is 2.58. The second kappa shape index (κ2) is 22.0. The van der Waals surface area contributed by atoms with E-state index >= 15 is 0 Å². The van der Waals surface area contributed by atoms with Crippen molar-refractivity contribution in [3.8, 4) is 5.75 Å². The smallest absolute Gasteiger partial charge is 0.226 e. The summed E-state index contributed by atoms with van der Waals surface area (Å²) < 4.78 is 41.9. The van der Waals surface area contributed by atoms with Crippen LogP contribution in [-0.4, -0.2) is 41.2 Å². The molecule has 7 aromatic rings. The van der Waals surface area contributed by atoms with Gasteiger partial charge in [-0.1, -0.05) is 180 Å². The first-order valence-electron chi connectivity index (χ1n) is 21.6. The molecule has 1 unspecified atom stereocenters. The molecule has 64 heavy (non-hydrogen) atoms. The van der Waals surface area contributed by atoms with Crippen LogP contribution in [0.3, 0.4) is 0 Å². The van der Waals surface area contributed by atoms with E-state index in [2.05, 4.69) is 15.9 Å². The second-order valence-electron chi connectivity index (χ2n) is 16.0. The molecular formula is C55H53BrO8. The number of rotatable bonds is 19. The lowest BCUT2D eigenvalue weighted by Crippen LogP contribution is -2.65. The quantitative estimate of drug-likeness (QED) is 0.0828. The average Bonchev–Trinajstić information content (AvgIpc) is 3.33. The van der Waals surface area contributed by atoms with Gasteiger partial charge in [-0.15, -0.1) is 0 Å². The van der Waals surface area contributed by atoms with Gasteiger partial charge in [0, 0.05) is 4.47 Å². The number of ether oxygens (including phenoxy) is 6. The standard InChI is InChI=1S/C55H53BrO8/c1-39-31-49(60-34-41-19-9-3-10-20-41)48(32-47(39)51(57)45-27-29-46(56)30-28-45)55(58)54(63-37-44-25-15-6-16-26-44)53(62-36-43-23-13-5-14-24-43)52(61-35-42-21-11-4-12-22-42)50(64-55)38-59-33-40-17-7-2-8-18-40/h2-32,50-54,57-58H,33-38H2,1H3/t50-,51?,52-,53+,54-,55+/m1/s1. The van der Waals surface area contributed by atoms with Crippen LogP contribution < -0.4 is 4.74 Å². The van der Waals surface area contributed by atoms with E-state index in [1.165, 1.54) is 0 Å². The van der Waals surface area contributed by atoms with Crippen molar-refractivity contribution < 1.29 is 38.6 Å². The van der Waals surface area contributed by atoms with Gasteiger partial charge < -0.3 is 38.6 Å². The number of halogens is 1. The van der Waals surface area contributed by atoms with Crippen molar-refractivity contribution in [1.29, 1.82) is 0 Å². The number of aliphatic hydroxyl groups is 2. The van der Waals surface area contributed by atoms with Crippen LogP contribution in [0, 0.1) is 6.92 Å². The molecule has 0 aromatic heterocycles. The van der Waals surface area contributed by atoms with E-state index in [0.29, 0.717) is 23.5 Å². The lowest BCUT2D eigenvalue weighted by atomic mass is 9.84. The molecule has 7 aromatic carbocycles. The Kier molecular flexibility index (Phi) is 15.5. The van der Waals surface area contributed by atoms with E-state index in [0.717, 1.165) is 37.9 Å². The zero-order valence-corrected chi connectivity index (χ0v) is 37.3. The number of aryl methyl sites for hydroxylation is 1. The number of benzene rings is 7. The zero-order valence-electron chi connectivity index (χ0n) is 35.7. The molecule has 6 atom stereocenters. The van der Waals surface area contributed by atoms with Crippen LogP contribution in [0.2, 0.25) is 0 Å². The minimum atomic E-state index is -2.25. The van der Waals surface area contributed by atoms with Gasteiger partial charge in [0.1, 0.15) is 42.9 Å². The molecule has 2 N–H and O–H groups in total. The first kappa shape index (κ1) is 45.1. The fourth-order valence-electron chi connectivity index (χ4n) is 8.02. The molecule has 8 rings (SSSR count). The molecule has 1 aliphatic rings. The molecule has 1 aliphatic heterocycles. The molecule has 1 saturated heterocycles. The van der Waals surface area contributed by atoms with Crippen LogP contribution in [0.15, 0.2) is 193 Å². The molecule has 0 bridgehead atoms. The van der Waals surface area contributed by atoms with Gasteiger partial charge in [-0.05, 0) is 75.7 Å². The van der Waals surface area contributed by atoms with Gasteiger partial charge >= 0.3 is 0 Å². The highest BCUT2D eigenvalue weighted by Crippen LogP contribution is 2.46. The molecule has 8 nitrogen and oxygen atoms in total. The van der Waals surface area contributed by atoms with E-state index in [9.17, 15) is 10.2 Å². The topological polar surface area (TPSA) is 95.8 Å². The Morgan fingerprint density at radius 1 is 0.562 bits per heavy atom. The summed E-state index contributed by atoms with van der Waals surface area (Å²) in [5.74, 6) is -1.89. The molecular weight excluding hydrogens is 869 g/mol. The summed E-state index contributed by atoms with van der Waals surface area (Å²) in [4.78, 5) is 0. The number of hydrogen-bond acceptors (Lipinski definition) is 8. The minimum absolute atomic E-state index is 0.0354. The Labute approximate surface area is 384 Å². The maximum absolute atomic E-state index is 13.8. The number of aliphatic hydroxyl groups excluding tert-OH is 1. The summed E-state index contributed by atoms with van der Waals surface area (Å²) in [6.07, 6.45) is -4.88. The van der Waals surface area contributed by atoms with Crippen molar-refractivity contribution in [1.82, 2.24) is 0 Å². The third kappa shape index (κ3) is 11.4. The fourth-order valence-corrected chi connectivity index (χ4v) is 8.29. The highest BCUT2D eigenvalue weighted by molar-refractivity contribution is 9.10. The van der Waals surface area contributed by atoms with Crippen LogP contribution in [0.25, 0.3) is 0 Å². The van der Waals surface area contributed by atoms with Crippen molar-refractivity contribution >= 4 is 15.9 Å². The maximum Gasteiger partial charge on any atom is 0.226 e. The van der Waals surface area contributed by atoms with E-state index in [4.69, 9.17) is 28.4 Å². The predicted octanol–water partition coefficient (Wildman–Crippen LogP) is 10.9. The van der Waals surface area contributed by atoms with E-state index < -0.39 is 36.3 Å². The van der Waals surface area contributed by atoms with Crippen LogP contribution in [0.5, 0.6) is 5.75 Å². The first-order chi connectivity index (χ1) is 31.3. The monoisotopic (exact) mass is 920 g/mol. The van der Waals surface area contributed by atoms with Crippen LogP contribution in [-0.2, 0) is 62.5 Å². The van der Waals surface area contributed by atoms with Crippen LogP contribution in [0.1, 0.15) is 56.2 Å². The minimum Gasteiger partial charge on any atom is -0.488 e. The van der Waals surface area contributed by atoms with Gasteiger partial charge in [-0.25, -0.2) is 0 Å². The Morgan fingerprint density at radius 3 is 1.53 bits per heavy atom. The Morgan fingerprint density at radius 2 is 1.02 bits per heavy atom. The average molecular weight is 922 g/mol. The van der Waals surface area contributed by atoms with Gasteiger partial charge in [-0.2, -0.15) is 0 Å². The van der Waals surface area contributed by atoms with Gasteiger partial charge in [-0.3, -0.25) is 0 Å². The van der Waals surface area contributed by atoms with Crippen molar-refractivity contribution in [3.05, 3.63) is 243 Å². The maximum atomic E-state index is 13.8. The van der Waals surface area contributed by atoms with E-state index in [1.807, 2.05) is 189 Å². The van der Waals surface area contributed by atoms with Crippen molar-refractivity contribution in [3.63, 3.8) is 0 Å². The molecule has 1 heterocycles. The Bertz CT molecular complexity index is 2480. The molecule has 9 heteroatoms. The summed E-state index contributed by atoms with van der Waals surface area (Å²) in [5.41, 5.74) is 6.95. The van der Waals surface area contributed by atoms with Crippen molar-refractivity contribution in [2.75, 3.05) is 6.61 Å². The van der Waals surface area contributed by atoms with Crippen LogP contribution in [0.4, 0.5) is 0 Å². The van der Waals surface area contributed by atoms with E-state index in [-0.39, 0.29) is 38.6 Å². The molecule has 0 aliphatic carbocycles. The van der Waals surface area contributed by atoms with Crippen LogP contribution >= 0.6 is 15.9 Å². The largest absolute Gasteiger partial charge is 0.488 e. The van der Waals surface area contributed by atoms with E-state index in [1.54, 1.807) is 6.07 Å². The lowest BCUT2D eigenvalue weighted by molar-refractivity contribution is -0.379. The Hall–Kier alpha value is -5.46. The molecule has 0 spiro atoms.